The summed E-state index contributed by atoms with van der Waals surface area (Å²) in [7, 11) is 0. The minimum atomic E-state index is 0.0117. The van der Waals surface area contributed by atoms with Gasteiger partial charge in [-0.25, -0.2) is 0 Å². The summed E-state index contributed by atoms with van der Waals surface area (Å²) in [6.07, 6.45) is 4.39. The predicted octanol–water partition coefficient (Wildman–Crippen LogP) is 8.76. The lowest BCUT2D eigenvalue weighted by molar-refractivity contribution is 0.101. The third kappa shape index (κ3) is 9.98. The van der Waals surface area contributed by atoms with E-state index >= 15 is 0 Å². The fraction of sp³-hybridized carbons (Fsp3) is 0.0882. The van der Waals surface area contributed by atoms with Crippen LogP contribution >= 0.6 is 31.9 Å². The van der Waals surface area contributed by atoms with Crippen molar-refractivity contribution in [3.63, 3.8) is 0 Å². The van der Waals surface area contributed by atoms with Crippen LogP contribution in [0.1, 0.15) is 43.6 Å². The first-order valence-corrected chi connectivity index (χ1v) is 15.1. The lowest BCUT2D eigenvalue weighted by atomic mass is 9.98. The maximum absolute atomic E-state index is 12.6. The molecule has 0 unspecified atom stereocenters. The average Bonchev–Trinajstić information content (AvgIpc) is 3.53. The van der Waals surface area contributed by atoms with Crippen molar-refractivity contribution in [1.29, 1.82) is 0 Å². The van der Waals surface area contributed by atoms with E-state index in [9.17, 15) is 14.4 Å². The van der Waals surface area contributed by atoms with Crippen LogP contribution in [0, 0.1) is 0 Å². The number of benzene rings is 4. The molecule has 0 saturated heterocycles. The largest absolute Gasteiger partial charge is 0.482 e. The van der Waals surface area contributed by atoms with Crippen molar-refractivity contribution < 1.29 is 23.9 Å². The summed E-state index contributed by atoms with van der Waals surface area (Å²) in [5, 5.41) is 0. The number of H-pyrrole nitrogens is 1. The normalized spacial score (nSPS) is 9.79. The van der Waals surface area contributed by atoms with Crippen LogP contribution in [0.15, 0.2) is 122 Å². The molecule has 214 valence electrons. The number of aromatic nitrogens is 1. The van der Waals surface area contributed by atoms with Gasteiger partial charge in [-0.2, -0.15) is 0 Å². The second-order valence-corrected chi connectivity index (χ2v) is 9.53. The number of carbonyl (C=O) groups is 3. The number of alkyl halides is 2. The minimum absolute atomic E-state index is 0.0117. The van der Waals surface area contributed by atoms with Gasteiger partial charge in [0.2, 0.25) is 0 Å². The quantitative estimate of drug-likeness (QED) is 0.0950. The van der Waals surface area contributed by atoms with Gasteiger partial charge in [0.1, 0.15) is 28.8 Å². The van der Waals surface area contributed by atoms with Crippen LogP contribution in [0.5, 0.6) is 11.5 Å². The van der Waals surface area contributed by atoms with E-state index in [1.807, 2.05) is 91.1 Å². The maximum Gasteiger partial charge on any atom is 0.195 e. The molecule has 4 aromatic carbocycles. The Kier molecular flexibility index (Phi) is 13.5. The highest BCUT2D eigenvalue weighted by Gasteiger charge is 2.15. The molecule has 0 spiro atoms. The molecule has 0 aliphatic rings. The number of rotatable bonds is 9. The van der Waals surface area contributed by atoms with Gasteiger partial charge in [0.15, 0.2) is 11.6 Å². The summed E-state index contributed by atoms with van der Waals surface area (Å²) < 4.78 is 10.5. The van der Waals surface area contributed by atoms with Gasteiger partial charge in [-0.1, -0.05) is 72.8 Å². The number of halogens is 2. The van der Waals surface area contributed by atoms with Gasteiger partial charge in [-0.05, 0) is 80.7 Å². The summed E-state index contributed by atoms with van der Waals surface area (Å²) in [5.41, 5.74) is 5.57. The number of ketones is 2. The number of aldehydes is 1. The molecule has 0 bridgehead atoms. The SMILES string of the molecule is CC(=O)c1ccccc1.O=C(c1ccccc1)c1c[nH]cc1-c1ccc(OCBr)cc1.O=Cc1ccc(OCBr)cc1. The zero-order valence-corrected chi connectivity index (χ0v) is 26.0. The van der Waals surface area contributed by atoms with E-state index in [1.54, 1.807) is 37.4 Å². The number of carbonyl (C=O) groups excluding carboxylic acids is 3. The zero-order chi connectivity index (χ0) is 30.2. The van der Waals surface area contributed by atoms with Crippen LogP contribution in [0.4, 0.5) is 0 Å². The first-order chi connectivity index (χ1) is 20.5. The fourth-order valence-corrected chi connectivity index (χ4v) is 4.24. The monoisotopic (exact) mass is 689 g/mol. The molecule has 0 atom stereocenters. The first-order valence-electron chi connectivity index (χ1n) is 12.8. The second kappa shape index (κ2) is 17.5. The molecule has 0 radical (unpaired) electrons. The number of Topliss-reactive ketones (excluding diaryl/α,β-unsaturated/α-hetero) is 1. The van der Waals surface area contributed by atoms with E-state index < -0.39 is 0 Å². The van der Waals surface area contributed by atoms with Crippen molar-refractivity contribution in [2.45, 2.75) is 6.92 Å². The van der Waals surface area contributed by atoms with Crippen LogP contribution in [0.2, 0.25) is 0 Å². The van der Waals surface area contributed by atoms with Gasteiger partial charge in [-0.15, -0.1) is 0 Å². The van der Waals surface area contributed by atoms with Crippen LogP contribution in [-0.2, 0) is 0 Å². The molecule has 1 heterocycles. The molecule has 0 aliphatic carbocycles. The highest BCUT2D eigenvalue weighted by atomic mass is 79.9. The first kappa shape index (κ1) is 32.2. The van der Waals surface area contributed by atoms with Crippen LogP contribution in [0.25, 0.3) is 11.1 Å². The van der Waals surface area contributed by atoms with E-state index in [2.05, 4.69) is 36.8 Å². The Labute approximate surface area is 262 Å². The lowest BCUT2D eigenvalue weighted by Crippen LogP contribution is -2.01. The van der Waals surface area contributed by atoms with E-state index in [4.69, 9.17) is 9.47 Å². The lowest BCUT2D eigenvalue weighted by Gasteiger charge is -2.06. The molecule has 1 N–H and O–H groups in total. The summed E-state index contributed by atoms with van der Waals surface area (Å²) in [4.78, 5) is 36.5. The van der Waals surface area contributed by atoms with Crippen molar-refractivity contribution in [1.82, 2.24) is 4.98 Å². The third-order valence-electron chi connectivity index (χ3n) is 5.83. The van der Waals surface area contributed by atoms with Gasteiger partial charge in [-0.3, -0.25) is 14.4 Å². The number of hydrogen-bond acceptors (Lipinski definition) is 5. The van der Waals surface area contributed by atoms with E-state index in [0.29, 0.717) is 27.7 Å². The van der Waals surface area contributed by atoms with E-state index in [-0.39, 0.29) is 11.6 Å². The maximum atomic E-state index is 12.6. The van der Waals surface area contributed by atoms with Crippen molar-refractivity contribution in [2.24, 2.45) is 0 Å². The number of hydrogen-bond donors (Lipinski definition) is 1. The number of aromatic amines is 1. The molecule has 0 amide bonds. The van der Waals surface area contributed by atoms with E-state index in [0.717, 1.165) is 34.5 Å². The van der Waals surface area contributed by atoms with Crippen LogP contribution < -0.4 is 9.47 Å². The number of nitrogens with one attached hydrogen (secondary N) is 1. The van der Waals surface area contributed by atoms with Crippen molar-refractivity contribution >= 4 is 49.7 Å². The summed E-state index contributed by atoms with van der Waals surface area (Å²) in [5.74, 6) is 1.67. The molecule has 6 nitrogen and oxygen atoms in total. The van der Waals surface area contributed by atoms with Gasteiger partial charge < -0.3 is 14.5 Å². The molecule has 0 aliphatic heterocycles. The van der Waals surface area contributed by atoms with Gasteiger partial charge in [0, 0.05) is 40.2 Å². The summed E-state index contributed by atoms with van der Waals surface area (Å²) in [6.45, 7) is 1.56. The van der Waals surface area contributed by atoms with E-state index in [1.165, 1.54) is 0 Å². The third-order valence-corrected chi connectivity index (χ3v) is 6.29. The van der Waals surface area contributed by atoms with Gasteiger partial charge in [0.05, 0.1) is 0 Å². The average molecular weight is 691 g/mol. The predicted molar refractivity (Wildman–Crippen MR) is 173 cm³/mol. The standard InChI is InChI=1S/C18H14BrNO2.C8H7BrO2.C8H8O/c19-12-22-15-8-6-13(7-9-15)16-10-20-11-17(16)18(21)14-4-2-1-3-5-14;9-6-11-8-3-1-7(5-10)2-4-8;1-7(9)8-5-3-2-4-6-8/h1-11,20H,12H2;1-5H,6H2;2-6H,1H3. The number of ether oxygens (including phenoxy) is 2. The molecule has 1 aromatic heterocycles. The molecule has 5 aromatic rings. The Morgan fingerprint density at radius 1 is 0.690 bits per heavy atom. The fourth-order valence-electron chi connectivity index (χ4n) is 3.71. The second-order valence-electron chi connectivity index (χ2n) is 8.62. The van der Waals surface area contributed by atoms with Gasteiger partial charge in [0.25, 0.3) is 0 Å². The Bertz CT molecular complexity index is 1530. The minimum Gasteiger partial charge on any atom is -0.482 e. The Morgan fingerprint density at radius 2 is 1.19 bits per heavy atom. The topological polar surface area (TPSA) is 85.5 Å². The Morgan fingerprint density at radius 3 is 1.64 bits per heavy atom. The molecule has 5 rings (SSSR count). The Hall–Kier alpha value is -4.27. The highest BCUT2D eigenvalue weighted by molar-refractivity contribution is 9.09. The molecular formula is C34H29Br2NO5. The summed E-state index contributed by atoms with van der Waals surface area (Å²) >= 11 is 6.36. The molecule has 8 heteroatoms. The van der Waals surface area contributed by atoms with Crippen LogP contribution in [-0.4, -0.2) is 33.9 Å². The van der Waals surface area contributed by atoms with Crippen molar-refractivity contribution in [2.75, 3.05) is 11.0 Å². The molecular weight excluding hydrogens is 662 g/mol. The van der Waals surface area contributed by atoms with Crippen molar-refractivity contribution in [3.05, 3.63) is 144 Å². The zero-order valence-electron chi connectivity index (χ0n) is 22.8. The Balaban J connectivity index is 0.000000201. The smallest absolute Gasteiger partial charge is 0.195 e. The van der Waals surface area contributed by atoms with Crippen LogP contribution in [0.3, 0.4) is 0 Å². The summed E-state index contributed by atoms with van der Waals surface area (Å²) in [6, 6.07) is 33.1. The molecule has 0 saturated carbocycles. The van der Waals surface area contributed by atoms with Gasteiger partial charge >= 0.3 is 0 Å². The molecule has 42 heavy (non-hydrogen) atoms. The van der Waals surface area contributed by atoms with Crippen molar-refractivity contribution in [3.8, 4) is 22.6 Å². The molecule has 0 fully saturated rings. The highest BCUT2D eigenvalue weighted by Crippen LogP contribution is 2.27.